The molecule has 0 bridgehead atoms. The Labute approximate surface area is 183 Å². The third-order valence-corrected chi connectivity index (χ3v) is 8.34. The highest BCUT2D eigenvalue weighted by molar-refractivity contribution is 8.13. The summed E-state index contributed by atoms with van der Waals surface area (Å²) in [6.07, 6.45) is 4.00. The van der Waals surface area contributed by atoms with Gasteiger partial charge in [0, 0.05) is 12.3 Å². The molecule has 0 amide bonds. The molecule has 5 nitrogen and oxygen atoms in total. The summed E-state index contributed by atoms with van der Waals surface area (Å²) in [4.78, 5) is 13.1. The summed E-state index contributed by atoms with van der Waals surface area (Å²) in [7, 11) is -2.02. The second-order valence-electron chi connectivity index (χ2n) is 7.56. The fraction of sp³-hybridized carbons (Fsp3) is 0.435. The standard InChI is InChI=1S/C23H29NO4S2/c1-18-8-14-21(15-9-18)30(26,27)24-16-4-3-7-22(24)23(25)29-17-5-6-19-10-12-20(28-2)13-11-19/h8-15,22H,3-7,16-17H2,1-2H3/t22-/m0/s1. The molecule has 3 rings (SSSR count). The molecule has 0 saturated carbocycles. The first-order valence-corrected chi connectivity index (χ1v) is 12.7. The molecular formula is C23H29NO4S2. The average molecular weight is 448 g/mol. The number of sulfonamides is 1. The van der Waals surface area contributed by atoms with Gasteiger partial charge in [-0.25, -0.2) is 8.42 Å². The lowest BCUT2D eigenvalue weighted by atomic mass is 10.1. The van der Waals surface area contributed by atoms with E-state index >= 15 is 0 Å². The van der Waals surface area contributed by atoms with Crippen molar-refractivity contribution in [3.8, 4) is 5.75 Å². The highest BCUT2D eigenvalue weighted by Gasteiger charge is 2.37. The van der Waals surface area contributed by atoms with Gasteiger partial charge >= 0.3 is 0 Å². The van der Waals surface area contributed by atoms with Crippen molar-refractivity contribution in [3.05, 3.63) is 59.7 Å². The number of nitrogens with zero attached hydrogens (tertiary/aromatic N) is 1. The number of aryl methyl sites for hydroxylation is 2. The quantitative estimate of drug-likeness (QED) is 0.560. The van der Waals surface area contributed by atoms with Crippen LogP contribution >= 0.6 is 11.8 Å². The van der Waals surface area contributed by atoms with Gasteiger partial charge < -0.3 is 4.74 Å². The minimum absolute atomic E-state index is 0.0416. The van der Waals surface area contributed by atoms with E-state index in [-0.39, 0.29) is 10.0 Å². The van der Waals surface area contributed by atoms with E-state index in [9.17, 15) is 13.2 Å². The van der Waals surface area contributed by atoms with E-state index in [0.717, 1.165) is 37.0 Å². The molecule has 0 spiro atoms. The third-order valence-electron chi connectivity index (χ3n) is 5.37. The fourth-order valence-corrected chi connectivity index (χ4v) is 6.26. The summed E-state index contributed by atoms with van der Waals surface area (Å²) >= 11 is 1.26. The van der Waals surface area contributed by atoms with E-state index in [0.29, 0.717) is 18.7 Å². The second kappa shape index (κ2) is 10.5. The van der Waals surface area contributed by atoms with Crippen molar-refractivity contribution in [2.24, 2.45) is 0 Å². The number of carbonyl (C=O) groups excluding carboxylic acids is 1. The molecule has 1 heterocycles. The van der Waals surface area contributed by atoms with Gasteiger partial charge in [-0.05, 0) is 62.4 Å². The fourth-order valence-electron chi connectivity index (χ4n) is 3.61. The highest BCUT2D eigenvalue weighted by Crippen LogP contribution is 2.29. The Balaban J connectivity index is 1.58. The molecule has 1 aliphatic heterocycles. The van der Waals surface area contributed by atoms with Crippen LogP contribution in [-0.2, 0) is 21.2 Å². The third kappa shape index (κ3) is 5.65. The Morgan fingerprint density at radius 2 is 1.80 bits per heavy atom. The summed E-state index contributed by atoms with van der Waals surface area (Å²) < 4.78 is 32.9. The normalized spacial score (nSPS) is 17.6. The number of methoxy groups -OCH3 is 1. The van der Waals surface area contributed by atoms with Gasteiger partial charge in [-0.15, -0.1) is 0 Å². The Morgan fingerprint density at radius 1 is 1.10 bits per heavy atom. The highest BCUT2D eigenvalue weighted by atomic mass is 32.2. The van der Waals surface area contributed by atoms with E-state index in [1.54, 1.807) is 31.4 Å². The van der Waals surface area contributed by atoms with Crippen LogP contribution in [0.25, 0.3) is 0 Å². The molecule has 1 atom stereocenters. The number of benzene rings is 2. The zero-order valence-corrected chi connectivity index (χ0v) is 19.2. The molecule has 0 aliphatic carbocycles. The molecule has 1 fully saturated rings. The van der Waals surface area contributed by atoms with Gasteiger partial charge in [0.2, 0.25) is 15.1 Å². The summed E-state index contributed by atoms with van der Waals surface area (Å²) in [6.45, 7) is 2.32. The Kier molecular flexibility index (Phi) is 7.97. The first-order valence-electron chi connectivity index (χ1n) is 10.3. The van der Waals surface area contributed by atoms with Crippen molar-refractivity contribution < 1.29 is 17.9 Å². The maximum Gasteiger partial charge on any atom is 0.243 e. The van der Waals surface area contributed by atoms with Crippen LogP contribution < -0.4 is 4.74 Å². The van der Waals surface area contributed by atoms with Gasteiger partial charge in [-0.3, -0.25) is 4.79 Å². The SMILES string of the molecule is COc1ccc(CCCSC(=O)[C@@H]2CCCCN2S(=O)(=O)c2ccc(C)cc2)cc1. The van der Waals surface area contributed by atoms with Crippen LogP contribution in [0.4, 0.5) is 0 Å². The topological polar surface area (TPSA) is 63.7 Å². The van der Waals surface area contributed by atoms with Crippen LogP contribution in [0.15, 0.2) is 53.4 Å². The molecule has 30 heavy (non-hydrogen) atoms. The van der Waals surface area contributed by atoms with Crippen molar-refractivity contribution in [3.63, 3.8) is 0 Å². The molecule has 0 unspecified atom stereocenters. The van der Waals surface area contributed by atoms with Crippen LogP contribution in [0.3, 0.4) is 0 Å². The minimum atomic E-state index is -3.67. The predicted molar refractivity (Wildman–Crippen MR) is 121 cm³/mol. The van der Waals surface area contributed by atoms with E-state index in [4.69, 9.17) is 4.74 Å². The van der Waals surface area contributed by atoms with Crippen LogP contribution in [-0.4, -0.2) is 43.3 Å². The maximum absolute atomic E-state index is 13.1. The van der Waals surface area contributed by atoms with Crippen molar-refractivity contribution in [2.45, 2.75) is 50.0 Å². The van der Waals surface area contributed by atoms with Gasteiger partial charge in [0.1, 0.15) is 5.75 Å². The molecule has 0 aromatic heterocycles. The second-order valence-corrected chi connectivity index (χ2v) is 10.5. The first kappa shape index (κ1) is 22.8. The van der Waals surface area contributed by atoms with Gasteiger partial charge in [0.05, 0.1) is 18.0 Å². The van der Waals surface area contributed by atoms with Crippen LogP contribution in [0.5, 0.6) is 5.75 Å². The molecule has 0 N–H and O–H groups in total. The van der Waals surface area contributed by atoms with Gasteiger partial charge in [-0.1, -0.05) is 48.0 Å². The minimum Gasteiger partial charge on any atom is -0.497 e. The number of hydrogen-bond acceptors (Lipinski definition) is 5. The molecule has 1 aliphatic rings. The van der Waals surface area contributed by atoms with Crippen molar-refractivity contribution in [2.75, 3.05) is 19.4 Å². The predicted octanol–water partition coefficient (Wildman–Crippen LogP) is 4.44. The average Bonchev–Trinajstić information content (AvgIpc) is 2.77. The first-order chi connectivity index (χ1) is 14.4. The van der Waals surface area contributed by atoms with Gasteiger partial charge in [-0.2, -0.15) is 4.31 Å². The summed E-state index contributed by atoms with van der Waals surface area (Å²) in [5, 5.41) is -0.0416. The van der Waals surface area contributed by atoms with Crippen molar-refractivity contribution in [1.29, 1.82) is 0 Å². The largest absolute Gasteiger partial charge is 0.497 e. The molecule has 2 aromatic rings. The molecule has 1 saturated heterocycles. The molecule has 0 radical (unpaired) electrons. The number of hydrogen-bond donors (Lipinski definition) is 0. The Hall–Kier alpha value is -1.83. The molecule has 162 valence electrons. The smallest absolute Gasteiger partial charge is 0.243 e. The number of rotatable bonds is 8. The van der Waals surface area contributed by atoms with Crippen LogP contribution in [0.2, 0.25) is 0 Å². The van der Waals surface area contributed by atoms with E-state index < -0.39 is 16.1 Å². The Morgan fingerprint density at radius 3 is 2.47 bits per heavy atom. The van der Waals surface area contributed by atoms with Crippen LogP contribution in [0, 0.1) is 6.92 Å². The maximum atomic E-state index is 13.1. The van der Waals surface area contributed by atoms with E-state index in [2.05, 4.69) is 0 Å². The molecular weight excluding hydrogens is 418 g/mol. The zero-order valence-electron chi connectivity index (χ0n) is 17.5. The van der Waals surface area contributed by atoms with Crippen LogP contribution in [0.1, 0.15) is 36.8 Å². The van der Waals surface area contributed by atoms with Crippen molar-refractivity contribution in [1.82, 2.24) is 4.31 Å². The summed E-state index contributed by atoms with van der Waals surface area (Å²) in [5.41, 5.74) is 2.21. The van der Waals surface area contributed by atoms with E-state index in [1.165, 1.54) is 21.6 Å². The van der Waals surface area contributed by atoms with Gasteiger partial charge in [0.15, 0.2) is 0 Å². The number of thioether (sulfide) groups is 1. The Bertz CT molecular complexity index is 940. The summed E-state index contributed by atoms with van der Waals surface area (Å²) in [6, 6.07) is 14.2. The lowest BCUT2D eigenvalue weighted by Gasteiger charge is -2.33. The number of piperidine rings is 1. The zero-order chi connectivity index (χ0) is 21.6. The number of carbonyl (C=O) groups is 1. The van der Waals surface area contributed by atoms with E-state index in [1.807, 2.05) is 31.2 Å². The number of ether oxygens (including phenoxy) is 1. The summed E-state index contributed by atoms with van der Waals surface area (Å²) in [5.74, 6) is 1.51. The van der Waals surface area contributed by atoms with Crippen molar-refractivity contribution >= 4 is 26.9 Å². The van der Waals surface area contributed by atoms with Gasteiger partial charge in [0.25, 0.3) is 0 Å². The molecule has 2 aromatic carbocycles. The lowest BCUT2D eigenvalue weighted by Crippen LogP contribution is -2.47. The molecule has 7 heteroatoms. The lowest BCUT2D eigenvalue weighted by molar-refractivity contribution is -0.115. The monoisotopic (exact) mass is 447 g/mol.